The Balaban J connectivity index is 1.62. The molecule has 1 heterocycles. The summed E-state index contributed by atoms with van der Waals surface area (Å²) in [5, 5.41) is 3.51. The fraction of sp³-hybridized carbons (Fsp3) is 0.316. The van der Waals surface area contributed by atoms with Gasteiger partial charge in [0, 0.05) is 24.2 Å². The van der Waals surface area contributed by atoms with Crippen molar-refractivity contribution in [2.75, 3.05) is 12.3 Å². The lowest BCUT2D eigenvalue weighted by Gasteiger charge is -2.25. The Morgan fingerprint density at radius 1 is 1.12 bits per heavy atom. The fourth-order valence-corrected chi connectivity index (χ4v) is 4.88. The van der Waals surface area contributed by atoms with E-state index in [0.717, 1.165) is 12.0 Å². The van der Waals surface area contributed by atoms with Crippen LogP contribution in [0.1, 0.15) is 18.4 Å². The third-order valence-electron chi connectivity index (χ3n) is 4.51. The van der Waals surface area contributed by atoms with Crippen molar-refractivity contribution in [1.29, 1.82) is 0 Å². The lowest BCUT2D eigenvalue weighted by molar-refractivity contribution is 0.196. The Labute approximate surface area is 158 Å². The number of rotatable bonds is 5. The predicted octanol–water partition coefficient (Wildman–Crippen LogP) is 3.49. The maximum atomic E-state index is 12.6. The number of likely N-dealkylation sites (tertiary alicyclic amines) is 1. The summed E-state index contributed by atoms with van der Waals surface area (Å²) in [7, 11) is -3.42. The molecule has 1 saturated heterocycles. The molecular weight excluding hydrogens is 372 g/mol. The van der Waals surface area contributed by atoms with Gasteiger partial charge in [-0.1, -0.05) is 41.9 Å². The standard InChI is InChI=1S/C19H21ClN2O3S/c20-16-10-8-15(9-11-16)13-21-19(23)22-12-4-5-17(22)14-26(24,25)18-6-2-1-3-7-18/h1-3,6-11,17H,4-5,12-14H2,(H,21,23)/t17-/m0/s1. The van der Waals surface area contributed by atoms with Gasteiger partial charge in [-0.2, -0.15) is 0 Å². The van der Waals surface area contributed by atoms with Crippen LogP contribution in [0.15, 0.2) is 59.5 Å². The Hall–Kier alpha value is -2.05. The third kappa shape index (κ3) is 4.56. The van der Waals surface area contributed by atoms with Gasteiger partial charge in [0.25, 0.3) is 0 Å². The van der Waals surface area contributed by atoms with Crippen molar-refractivity contribution in [2.45, 2.75) is 30.3 Å². The van der Waals surface area contributed by atoms with Gasteiger partial charge in [-0.25, -0.2) is 13.2 Å². The second-order valence-electron chi connectivity index (χ2n) is 6.37. The van der Waals surface area contributed by atoms with Crippen LogP contribution in [-0.4, -0.2) is 37.7 Å². The molecule has 0 saturated carbocycles. The zero-order valence-electron chi connectivity index (χ0n) is 14.3. The van der Waals surface area contributed by atoms with E-state index >= 15 is 0 Å². The van der Waals surface area contributed by atoms with Gasteiger partial charge >= 0.3 is 6.03 Å². The van der Waals surface area contributed by atoms with Crippen molar-refractivity contribution in [1.82, 2.24) is 10.2 Å². The van der Waals surface area contributed by atoms with Crippen molar-refractivity contribution in [3.63, 3.8) is 0 Å². The molecule has 3 rings (SSSR count). The van der Waals surface area contributed by atoms with Gasteiger partial charge < -0.3 is 10.2 Å². The van der Waals surface area contributed by atoms with E-state index in [1.54, 1.807) is 47.4 Å². The molecule has 1 fully saturated rings. The number of carbonyl (C=O) groups is 1. The Morgan fingerprint density at radius 2 is 1.81 bits per heavy atom. The SMILES string of the molecule is O=C(NCc1ccc(Cl)cc1)N1CCC[C@H]1CS(=O)(=O)c1ccccc1. The molecular formula is C19H21ClN2O3S. The lowest BCUT2D eigenvalue weighted by atomic mass is 10.2. The van der Waals surface area contributed by atoms with E-state index in [1.165, 1.54) is 0 Å². The second-order valence-corrected chi connectivity index (χ2v) is 8.84. The van der Waals surface area contributed by atoms with E-state index in [9.17, 15) is 13.2 Å². The van der Waals surface area contributed by atoms with Crippen molar-refractivity contribution < 1.29 is 13.2 Å². The highest BCUT2D eigenvalue weighted by molar-refractivity contribution is 7.91. The zero-order chi connectivity index (χ0) is 18.6. The van der Waals surface area contributed by atoms with Crippen molar-refractivity contribution >= 4 is 27.5 Å². The molecule has 0 spiro atoms. The Kier molecular flexibility index (Phi) is 5.84. The topological polar surface area (TPSA) is 66.5 Å². The summed E-state index contributed by atoms with van der Waals surface area (Å²) in [6.45, 7) is 0.950. The van der Waals surface area contributed by atoms with Crippen LogP contribution in [0.25, 0.3) is 0 Å². The van der Waals surface area contributed by atoms with E-state index in [0.29, 0.717) is 29.4 Å². The summed E-state index contributed by atoms with van der Waals surface area (Å²) in [6, 6.07) is 15.1. The summed E-state index contributed by atoms with van der Waals surface area (Å²) in [5.41, 5.74) is 0.940. The number of carbonyl (C=O) groups excluding carboxylic acids is 1. The van der Waals surface area contributed by atoms with Crippen LogP contribution in [0, 0.1) is 0 Å². The first-order chi connectivity index (χ1) is 12.5. The number of amides is 2. The predicted molar refractivity (Wildman–Crippen MR) is 102 cm³/mol. The molecule has 0 unspecified atom stereocenters. The molecule has 1 N–H and O–H groups in total. The summed E-state index contributed by atoms with van der Waals surface area (Å²) >= 11 is 5.86. The summed E-state index contributed by atoms with van der Waals surface area (Å²) < 4.78 is 25.2. The third-order valence-corrected chi connectivity index (χ3v) is 6.58. The molecule has 138 valence electrons. The van der Waals surface area contributed by atoms with E-state index < -0.39 is 9.84 Å². The largest absolute Gasteiger partial charge is 0.334 e. The van der Waals surface area contributed by atoms with Gasteiger partial charge in [-0.15, -0.1) is 0 Å². The van der Waals surface area contributed by atoms with Crippen LogP contribution < -0.4 is 5.32 Å². The molecule has 2 aromatic carbocycles. The normalized spacial score (nSPS) is 17.3. The van der Waals surface area contributed by atoms with E-state index in [2.05, 4.69) is 5.32 Å². The summed E-state index contributed by atoms with van der Waals surface area (Å²) in [4.78, 5) is 14.4. The van der Waals surface area contributed by atoms with E-state index in [-0.39, 0.29) is 17.8 Å². The maximum Gasteiger partial charge on any atom is 0.317 e. The summed E-state index contributed by atoms with van der Waals surface area (Å²) in [6.07, 6.45) is 1.50. The van der Waals surface area contributed by atoms with Crippen LogP contribution in [0.2, 0.25) is 5.02 Å². The number of halogens is 1. The number of hydrogen-bond donors (Lipinski definition) is 1. The molecule has 2 amide bonds. The number of nitrogens with zero attached hydrogens (tertiary/aromatic N) is 1. The highest BCUT2D eigenvalue weighted by Gasteiger charge is 2.32. The van der Waals surface area contributed by atoms with Crippen molar-refractivity contribution in [2.24, 2.45) is 0 Å². The molecule has 0 bridgehead atoms. The van der Waals surface area contributed by atoms with Crippen LogP contribution >= 0.6 is 11.6 Å². The molecule has 1 atom stereocenters. The van der Waals surface area contributed by atoms with Gasteiger partial charge in [0.1, 0.15) is 0 Å². The van der Waals surface area contributed by atoms with Gasteiger partial charge in [0.15, 0.2) is 9.84 Å². The van der Waals surface area contributed by atoms with Crippen LogP contribution in [-0.2, 0) is 16.4 Å². The van der Waals surface area contributed by atoms with Gasteiger partial charge in [-0.05, 0) is 42.7 Å². The quantitative estimate of drug-likeness (QED) is 0.846. The van der Waals surface area contributed by atoms with Crippen LogP contribution in [0.5, 0.6) is 0 Å². The number of sulfone groups is 1. The van der Waals surface area contributed by atoms with Crippen LogP contribution in [0.4, 0.5) is 4.79 Å². The van der Waals surface area contributed by atoms with Gasteiger partial charge in [0.2, 0.25) is 0 Å². The van der Waals surface area contributed by atoms with Gasteiger partial charge in [-0.3, -0.25) is 0 Å². The molecule has 5 nitrogen and oxygen atoms in total. The Morgan fingerprint density at radius 3 is 2.50 bits per heavy atom. The Bertz CT molecular complexity index is 854. The summed E-state index contributed by atoms with van der Waals surface area (Å²) in [5.74, 6) is -0.0502. The molecule has 7 heteroatoms. The zero-order valence-corrected chi connectivity index (χ0v) is 15.8. The average Bonchev–Trinajstić information content (AvgIpc) is 3.09. The highest BCUT2D eigenvalue weighted by Crippen LogP contribution is 2.22. The number of hydrogen-bond acceptors (Lipinski definition) is 3. The number of nitrogens with one attached hydrogen (secondary N) is 1. The second kappa shape index (κ2) is 8.10. The van der Waals surface area contributed by atoms with Crippen LogP contribution in [0.3, 0.4) is 0 Å². The molecule has 0 aromatic heterocycles. The fourth-order valence-electron chi connectivity index (χ4n) is 3.14. The van der Waals surface area contributed by atoms with Crippen molar-refractivity contribution in [3.8, 4) is 0 Å². The molecule has 26 heavy (non-hydrogen) atoms. The van der Waals surface area contributed by atoms with Gasteiger partial charge in [0.05, 0.1) is 10.6 Å². The molecule has 0 aliphatic carbocycles. The monoisotopic (exact) mass is 392 g/mol. The number of urea groups is 1. The average molecular weight is 393 g/mol. The first kappa shape index (κ1) is 18.7. The molecule has 0 radical (unpaired) electrons. The maximum absolute atomic E-state index is 12.6. The lowest BCUT2D eigenvalue weighted by Crippen LogP contribution is -2.45. The molecule has 1 aliphatic rings. The first-order valence-corrected chi connectivity index (χ1v) is 10.6. The van der Waals surface area contributed by atoms with E-state index in [1.807, 2.05) is 12.1 Å². The van der Waals surface area contributed by atoms with Crippen molar-refractivity contribution in [3.05, 3.63) is 65.2 Å². The first-order valence-electron chi connectivity index (χ1n) is 8.52. The minimum absolute atomic E-state index is 0.0502. The smallest absolute Gasteiger partial charge is 0.317 e. The van der Waals surface area contributed by atoms with E-state index in [4.69, 9.17) is 11.6 Å². The number of benzene rings is 2. The highest BCUT2D eigenvalue weighted by atomic mass is 35.5. The minimum atomic E-state index is -3.42. The molecule has 2 aromatic rings. The minimum Gasteiger partial charge on any atom is -0.334 e. The molecule has 1 aliphatic heterocycles.